The van der Waals surface area contributed by atoms with Crippen LogP contribution in [-0.4, -0.2) is 23.2 Å². The highest BCUT2D eigenvalue weighted by Crippen LogP contribution is 2.23. The third kappa shape index (κ3) is 3.81. The van der Waals surface area contributed by atoms with Gasteiger partial charge >= 0.3 is 12.1 Å². The Bertz CT molecular complexity index is 405. The van der Waals surface area contributed by atoms with Gasteiger partial charge in [0.15, 0.2) is 5.78 Å². The van der Waals surface area contributed by atoms with Gasteiger partial charge in [-0.1, -0.05) is 22.0 Å². The largest absolute Gasteiger partial charge is 0.471 e. The zero-order valence-corrected chi connectivity index (χ0v) is 10.7. The molecule has 1 heterocycles. The second kappa shape index (κ2) is 5.63. The Morgan fingerprint density at radius 2 is 2.12 bits per heavy atom. The smallest absolute Gasteiger partial charge is 0.334 e. The molecule has 0 aliphatic heterocycles. The Balaban J connectivity index is 2.87. The molecule has 0 aliphatic carbocycles. The van der Waals surface area contributed by atoms with Crippen LogP contribution in [0.15, 0.2) is 17.5 Å². The van der Waals surface area contributed by atoms with Crippen LogP contribution in [0, 0.1) is 0 Å². The maximum atomic E-state index is 12.1. The van der Waals surface area contributed by atoms with E-state index in [4.69, 9.17) is 0 Å². The van der Waals surface area contributed by atoms with Gasteiger partial charge in [0.1, 0.15) is 6.04 Å². The van der Waals surface area contributed by atoms with E-state index in [0.717, 1.165) is 11.3 Å². The van der Waals surface area contributed by atoms with Gasteiger partial charge in [-0.3, -0.25) is 9.59 Å². The highest BCUT2D eigenvalue weighted by molar-refractivity contribution is 9.09. The molecule has 0 fully saturated rings. The molecule has 0 bridgehead atoms. The molecular weight excluding hydrogens is 323 g/mol. The summed E-state index contributed by atoms with van der Waals surface area (Å²) in [4.78, 5) is 22.6. The fourth-order valence-corrected chi connectivity index (χ4v) is 2.18. The highest BCUT2D eigenvalue weighted by atomic mass is 79.9. The van der Waals surface area contributed by atoms with Gasteiger partial charge in [0, 0.05) is 4.88 Å². The van der Waals surface area contributed by atoms with Crippen molar-refractivity contribution in [1.82, 2.24) is 5.32 Å². The molecule has 1 aromatic heterocycles. The van der Waals surface area contributed by atoms with Crippen LogP contribution in [-0.2, 0) is 9.59 Å². The molecule has 17 heavy (non-hydrogen) atoms. The van der Waals surface area contributed by atoms with E-state index in [0.29, 0.717) is 4.88 Å². The van der Waals surface area contributed by atoms with E-state index in [2.05, 4.69) is 15.9 Å². The predicted octanol–water partition coefficient (Wildman–Crippen LogP) is 2.43. The van der Waals surface area contributed by atoms with Crippen LogP contribution in [0.3, 0.4) is 0 Å². The van der Waals surface area contributed by atoms with Crippen molar-refractivity contribution in [3.63, 3.8) is 0 Å². The number of hydrogen-bond acceptors (Lipinski definition) is 3. The van der Waals surface area contributed by atoms with Gasteiger partial charge in [0.2, 0.25) is 0 Å². The first-order valence-corrected chi connectivity index (χ1v) is 6.36. The molecule has 0 saturated carbocycles. The van der Waals surface area contributed by atoms with Crippen molar-refractivity contribution in [2.45, 2.75) is 12.2 Å². The number of rotatable bonds is 4. The minimum Gasteiger partial charge on any atom is -0.334 e. The molecule has 0 spiro atoms. The molecule has 1 N–H and O–H groups in total. The summed E-state index contributed by atoms with van der Waals surface area (Å²) in [5.41, 5.74) is 0. The summed E-state index contributed by atoms with van der Waals surface area (Å²) in [6, 6.07) is 1.82. The molecule has 1 unspecified atom stereocenters. The molecule has 1 aromatic rings. The third-order valence-electron chi connectivity index (χ3n) is 1.81. The summed E-state index contributed by atoms with van der Waals surface area (Å²) in [7, 11) is 0. The third-order valence-corrected chi connectivity index (χ3v) is 3.30. The lowest BCUT2D eigenvalue weighted by Crippen LogP contribution is -2.41. The standard InChI is InChI=1S/C9H7BrF3NO2S/c10-4-5(15)7(6-2-1-3-17-6)14-8(16)9(11,12)13/h1-3,7H,4H2,(H,14,16). The monoisotopic (exact) mass is 329 g/mol. The molecule has 1 rings (SSSR count). The van der Waals surface area contributed by atoms with Crippen LogP contribution in [0.4, 0.5) is 13.2 Å². The van der Waals surface area contributed by atoms with Crippen molar-refractivity contribution < 1.29 is 22.8 Å². The minimum absolute atomic E-state index is 0.131. The number of amides is 1. The molecule has 0 aromatic carbocycles. The topological polar surface area (TPSA) is 46.2 Å². The van der Waals surface area contributed by atoms with E-state index in [9.17, 15) is 22.8 Å². The van der Waals surface area contributed by atoms with Crippen LogP contribution < -0.4 is 5.32 Å². The number of nitrogens with one attached hydrogen (secondary N) is 1. The first kappa shape index (κ1) is 14.2. The number of halogens is 4. The van der Waals surface area contributed by atoms with Crippen molar-refractivity contribution in [2.75, 3.05) is 5.33 Å². The fourth-order valence-electron chi connectivity index (χ4n) is 1.06. The molecule has 1 amide bonds. The van der Waals surface area contributed by atoms with Gasteiger partial charge in [0.25, 0.3) is 0 Å². The van der Waals surface area contributed by atoms with Crippen LogP contribution >= 0.6 is 27.3 Å². The quantitative estimate of drug-likeness (QED) is 0.862. The first-order chi connectivity index (χ1) is 7.86. The zero-order valence-electron chi connectivity index (χ0n) is 8.25. The van der Waals surface area contributed by atoms with Crippen molar-refractivity contribution >= 4 is 39.0 Å². The molecule has 0 radical (unpaired) electrons. The van der Waals surface area contributed by atoms with Crippen molar-refractivity contribution in [3.8, 4) is 0 Å². The van der Waals surface area contributed by atoms with Crippen molar-refractivity contribution in [2.24, 2.45) is 0 Å². The summed E-state index contributed by atoms with van der Waals surface area (Å²) in [5.74, 6) is -2.66. The van der Waals surface area contributed by atoms with Crippen molar-refractivity contribution in [3.05, 3.63) is 22.4 Å². The van der Waals surface area contributed by atoms with E-state index in [1.165, 1.54) is 6.07 Å². The van der Waals surface area contributed by atoms with Gasteiger partial charge in [-0.15, -0.1) is 11.3 Å². The molecule has 3 nitrogen and oxygen atoms in total. The van der Waals surface area contributed by atoms with Gasteiger partial charge in [-0.05, 0) is 11.4 Å². The SMILES string of the molecule is O=C(CBr)C(NC(=O)C(F)(F)F)c1cccs1. The number of carbonyl (C=O) groups is 2. The van der Waals surface area contributed by atoms with Gasteiger partial charge in [-0.2, -0.15) is 13.2 Å². The number of alkyl halides is 4. The van der Waals surface area contributed by atoms with Gasteiger partial charge in [-0.25, -0.2) is 0 Å². The lowest BCUT2D eigenvalue weighted by atomic mass is 10.1. The summed E-state index contributed by atoms with van der Waals surface area (Å²) < 4.78 is 36.3. The maximum absolute atomic E-state index is 12.1. The summed E-state index contributed by atoms with van der Waals surface area (Å²) in [6.45, 7) is 0. The molecule has 1 atom stereocenters. The van der Waals surface area contributed by atoms with E-state index < -0.39 is 23.9 Å². The second-order valence-electron chi connectivity index (χ2n) is 3.02. The Morgan fingerprint density at radius 3 is 2.53 bits per heavy atom. The fraction of sp³-hybridized carbons (Fsp3) is 0.333. The molecule has 94 valence electrons. The highest BCUT2D eigenvalue weighted by Gasteiger charge is 2.41. The van der Waals surface area contributed by atoms with E-state index in [1.54, 1.807) is 16.8 Å². The average molecular weight is 330 g/mol. The van der Waals surface area contributed by atoms with E-state index in [-0.39, 0.29) is 5.33 Å². The average Bonchev–Trinajstić information content (AvgIpc) is 2.76. The van der Waals surface area contributed by atoms with Crippen LogP contribution in [0.25, 0.3) is 0 Å². The Kier molecular flexibility index (Phi) is 4.70. The minimum atomic E-state index is -5.00. The maximum Gasteiger partial charge on any atom is 0.471 e. The molecule has 0 saturated heterocycles. The number of carbonyl (C=O) groups excluding carboxylic acids is 2. The zero-order chi connectivity index (χ0) is 13.1. The predicted molar refractivity (Wildman–Crippen MR) is 60.1 cm³/mol. The second-order valence-corrected chi connectivity index (χ2v) is 4.56. The molecule has 8 heteroatoms. The Morgan fingerprint density at radius 1 is 1.47 bits per heavy atom. The number of ketones is 1. The lowest BCUT2D eigenvalue weighted by molar-refractivity contribution is -0.174. The van der Waals surface area contributed by atoms with Crippen LogP contribution in [0.2, 0.25) is 0 Å². The van der Waals surface area contributed by atoms with Crippen molar-refractivity contribution in [1.29, 1.82) is 0 Å². The number of Topliss-reactive ketones (excluding diaryl/α,β-unsaturated/α-hetero) is 1. The van der Waals surface area contributed by atoms with Crippen LogP contribution in [0.5, 0.6) is 0 Å². The normalized spacial score (nSPS) is 13.2. The summed E-state index contributed by atoms with van der Waals surface area (Å²) in [6.07, 6.45) is -5.00. The number of hydrogen-bond donors (Lipinski definition) is 1. The summed E-state index contributed by atoms with van der Waals surface area (Å²) >= 11 is 3.97. The van der Waals surface area contributed by atoms with Crippen LogP contribution in [0.1, 0.15) is 10.9 Å². The van der Waals surface area contributed by atoms with Gasteiger partial charge in [0.05, 0.1) is 5.33 Å². The lowest BCUT2D eigenvalue weighted by Gasteiger charge is -2.16. The van der Waals surface area contributed by atoms with E-state index >= 15 is 0 Å². The summed E-state index contributed by atoms with van der Waals surface area (Å²) in [5, 5.41) is 3.16. The molecular formula is C9H7BrF3NO2S. The first-order valence-electron chi connectivity index (χ1n) is 4.36. The molecule has 0 aliphatic rings. The Labute approximate surface area is 107 Å². The van der Waals surface area contributed by atoms with E-state index in [1.807, 2.05) is 0 Å². The Hall–Kier alpha value is -0.890. The van der Waals surface area contributed by atoms with Gasteiger partial charge < -0.3 is 5.32 Å². The number of thiophene rings is 1.